The smallest absolute Gasteiger partial charge is 0.226 e. The van der Waals surface area contributed by atoms with Gasteiger partial charge in [0.1, 0.15) is 0 Å². The molecule has 0 aliphatic carbocycles. The molecule has 2 aromatic heterocycles. The van der Waals surface area contributed by atoms with Crippen molar-refractivity contribution in [3.63, 3.8) is 0 Å². The van der Waals surface area contributed by atoms with Crippen LogP contribution in [0, 0.1) is 6.92 Å². The first-order valence-electron chi connectivity index (χ1n) is 4.73. The molecule has 2 aromatic rings. The molecule has 80 valence electrons. The minimum atomic E-state index is 0.624. The summed E-state index contributed by atoms with van der Waals surface area (Å²) in [6.45, 7) is 1.81. The van der Waals surface area contributed by atoms with Crippen LogP contribution in [0.2, 0.25) is 0 Å². The average Bonchev–Trinajstić information content (AvgIpc) is 2.76. The van der Waals surface area contributed by atoms with Crippen molar-refractivity contribution < 1.29 is 4.52 Å². The van der Waals surface area contributed by atoms with Crippen molar-refractivity contribution in [2.75, 3.05) is 5.73 Å². The lowest BCUT2D eigenvalue weighted by Crippen LogP contribution is -1.91. The minimum Gasteiger partial charge on any atom is -0.375 e. The summed E-state index contributed by atoms with van der Waals surface area (Å²) in [7, 11) is 0. The van der Waals surface area contributed by atoms with Crippen LogP contribution in [0.25, 0.3) is 0 Å². The molecule has 0 fully saturated rings. The number of hydrogen-bond donors (Lipinski definition) is 1. The van der Waals surface area contributed by atoms with E-state index in [1.807, 2.05) is 12.3 Å². The predicted molar refractivity (Wildman–Crippen MR) is 57.6 cm³/mol. The van der Waals surface area contributed by atoms with Crippen LogP contribution < -0.4 is 5.73 Å². The molecule has 2 heterocycles. The van der Waals surface area contributed by atoms with E-state index in [1.165, 1.54) is 11.3 Å². The highest BCUT2D eigenvalue weighted by atomic mass is 32.1. The van der Waals surface area contributed by atoms with E-state index in [-0.39, 0.29) is 0 Å². The van der Waals surface area contributed by atoms with Gasteiger partial charge in [0.2, 0.25) is 5.89 Å². The van der Waals surface area contributed by atoms with Gasteiger partial charge in [0.15, 0.2) is 11.0 Å². The summed E-state index contributed by atoms with van der Waals surface area (Å²) in [5.74, 6) is 1.37. The van der Waals surface area contributed by atoms with E-state index < -0.39 is 0 Å². The molecule has 2 rings (SSSR count). The maximum atomic E-state index is 5.53. The summed E-state index contributed by atoms with van der Waals surface area (Å²) < 4.78 is 5.00. The third-order valence-corrected chi connectivity index (χ3v) is 2.69. The molecular weight excluding hydrogens is 212 g/mol. The largest absolute Gasteiger partial charge is 0.375 e. The maximum absolute atomic E-state index is 5.53. The molecule has 5 nitrogen and oxygen atoms in total. The number of thiazole rings is 1. The fourth-order valence-electron chi connectivity index (χ4n) is 1.30. The van der Waals surface area contributed by atoms with Crippen LogP contribution in [0.5, 0.6) is 0 Å². The summed E-state index contributed by atoms with van der Waals surface area (Å²) in [6.07, 6.45) is 2.64. The number of nitrogen functional groups attached to an aromatic ring is 1. The zero-order valence-corrected chi connectivity index (χ0v) is 9.25. The van der Waals surface area contributed by atoms with Gasteiger partial charge in [-0.05, 0) is 19.8 Å². The Bertz CT molecular complexity index is 397. The highest BCUT2D eigenvalue weighted by Gasteiger charge is 2.03. The van der Waals surface area contributed by atoms with Crippen molar-refractivity contribution in [2.24, 2.45) is 0 Å². The highest BCUT2D eigenvalue weighted by Crippen LogP contribution is 2.13. The molecule has 0 aromatic carbocycles. The summed E-state index contributed by atoms with van der Waals surface area (Å²) in [4.78, 5) is 8.30. The Morgan fingerprint density at radius 1 is 1.40 bits per heavy atom. The van der Waals surface area contributed by atoms with Crippen LogP contribution in [-0.4, -0.2) is 15.1 Å². The fraction of sp³-hybridized carbons (Fsp3) is 0.444. The third-order valence-electron chi connectivity index (χ3n) is 1.96. The molecule has 0 spiro atoms. The van der Waals surface area contributed by atoms with E-state index in [9.17, 15) is 0 Å². The Morgan fingerprint density at radius 3 is 2.87 bits per heavy atom. The van der Waals surface area contributed by atoms with Gasteiger partial charge in [-0.25, -0.2) is 4.98 Å². The monoisotopic (exact) mass is 224 g/mol. The Hall–Kier alpha value is -1.43. The van der Waals surface area contributed by atoms with Crippen LogP contribution in [0.15, 0.2) is 9.90 Å². The van der Waals surface area contributed by atoms with Crippen LogP contribution in [-0.2, 0) is 12.8 Å². The first-order chi connectivity index (χ1) is 7.24. The van der Waals surface area contributed by atoms with Crippen molar-refractivity contribution in [1.29, 1.82) is 0 Å². The van der Waals surface area contributed by atoms with Gasteiger partial charge in [-0.2, -0.15) is 4.98 Å². The molecule has 2 N–H and O–H groups in total. The summed E-state index contributed by atoms with van der Waals surface area (Å²) in [5.41, 5.74) is 6.57. The molecule has 0 unspecified atom stereocenters. The molecule has 0 aliphatic heterocycles. The second kappa shape index (κ2) is 4.39. The summed E-state index contributed by atoms with van der Waals surface area (Å²) in [5, 5.41) is 6.33. The number of nitrogens with zero attached hydrogens (tertiary/aromatic N) is 3. The molecule has 0 radical (unpaired) electrons. The van der Waals surface area contributed by atoms with Gasteiger partial charge >= 0.3 is 0 Å². The Labute approximate surface area is 91.3 Å². The topological polar surface area (TPSA) is 77.8 Å². The highest BCUT2D eigenvalue weighted by molar-refractivity contribution is 7.13. The van der Waals surface area contributed by atoms with E-state index in [1.54, 1.807) is 0 Å². The quantitative estimate of drug-likeness (QED) is 0.853. The fourth-order valence-corrected chi connectivity index (χ4v) is 1.90. The van der Waals surface area contributed by atoms with E-state index in [4.69, 9.17) is 10.3 Å². The Kier molecular flexibility index (Phi) is 2.96. The predicted octanol–water partition coefficient (Wildman–Crippen LogP) is 1.59. The molecule has 0 bridgehead atoms. The van der Waals surface area contributed by atoms with Crippen LogP contribution in [0.1, 0.15) is 23.8 Å². The van der Waals surface area contributed by atoms with Gasteiger partial charge in [0.05, 0.1) is 5.69 Å². The number of aromatic nitrogens is 3. The van der Waals surface area contributed by atoms with Crippen LogP contribution in [0.3, 0.4) is 0 Å². The van der Waals surface area contributed by atoms with Crippen LogP contribution >= 0.6 is 11.3 Å². The molecule has 0 saturated carbocycles. The molecule has 0 atom stereocenters. The maximum Gasteiger partial charge on any atom is 0.226 e. The van der Waals surface area contributed by atoms with Crippen LogP contribution in [0.4, 0.5) is 5.13 Å². The number of anilines is 1. The normalized spacial score (nSPS) is 10.7. The van der Waals surface area contributed by atoms with Gasteiger partial charge in [0, 0.05) is 11.8 Å². The minimum absolute atomic E-state index is 0.624. The number of rotatable bonds is 4. The standard InChI is InChI=1S/C9H12N4OS/c1-6-11-8(14-13-6)4-2-3-7-5-15-9(10)12-7/h5H,2-4H2,1H3,(H2,10,12). The van der Waals surface area contributed by atoms with Gasteiger partial charge in [-0.3, -0.25) is 0 Å². The second-order valence-corrected chi connectivity index (χ2v) is 4.16. The first kappa shape index (κ1) is 10.1. The van der Waals surface area contributed by atoms with Crippen molar-refractivity contribution in [3.8, 4) is 0 Å². The third kappa shape index (κ3) is 2.76. The Morgan fingerprint density at radius 2 is 2.27 bits per heavy atom. The summed E-state index contributed by atoms with van der Waals surface area (Å²) in [6, 6.07) is 0. The van der Waals surface area contributed by atoms with E-state index in [0.717, 1.165) is 25.0 Å². The van der Waals surface area contributed by atoms with Gasteiger partial charge in [0.25, 0.3) is 0 Å². The lowest BCUT2D eigenvalue weighted by molar-refractivity contribution is 0.372. The van der Waals surface area contributed by atoms with E-state index >= 15 is 0 Å². The zero-order valence-electron chi connectivity index (χ0n) is 8.43. The van der Waals surface area contributed by atoms with E-state index in [2.05, 4.69) is 15.1 Å². The SMILES string of the molecule is Cc1noc(CCCc2csc(N)n2)n1. The van der Waals surface area contributed by atoms with Crippen molar-refractivity contribution in [1.82, 2.24) is 15.1 Å². The first-order valence-corrected chi connectivity index (χ1v) is 5.61. The van der Waals surface area contributed by atoms with Gasteiger partial charge in [-0.15, -0.1) is 11.3 Å². The Balaban J connectivity index is 1.80. The molecule has 0 amide bonds. The van der Waals surface area contributed by atoms with Crippen molar-refractivity contribution in [3.05, 3.63) is 22.8 Å². The van der Waals surface area contributed by atoms with Gasteiger partial charge in [-0.1, -0.05) is 5.16 Å². The summed E-state index contributed by atoms with van der Waals surface area (Å²) >= 11 is 1.47. The van der Waals surface area contributed by atoms with Crippen molar-refractivity contribution in [2.45, 2.75) is 26.2 Å². The number of hydrogen-bond acceptors (Lipinski definition) is 6. The molecule has 15 heavy (non-hydrogen) atoms. The molecule has 0 saturated heterocycles. The zero-order chi connectivity index (χ0) is 10.7. The second-order valence-electron chi connectivity index (χ2n) is 3.27. The average molecular weight is 224 g/mol. The van der Waals surface area contributed by atoms with Crippen molar-refractivity contribution >= 4 is 16.5 Å². The molecule has 0 aliphatic rings. The lowest BCUT2D eigenvalue weighted by atomic mass is 10.2. The molecular formula is C9H12N4OS. The van der Waals surface area contributed by atoms with Gasteiger partial charge < -0.3 is 10.3 Å². The van der Waals surface area contributed by atoms with E-state index in [0.29, 0.717) is 16.8 Å². The molecule has 6 heteroatoms. The number of aryl methyl sites for hydroxylation is 3. The lowest BCUT2D eigenvalue weighted by Gasteiger charge is -1.93. The number of nitrogens with two attached hydrogens (primary N) is 1.